The van der Waals surface area contributed by atoms with Gasteiger partial charge >= 0.3 is 0 Å². The molecular formula is C15H21N5O2. The summed E-state index contributed by atoms with van der Waals surface area (Å²) in [6, 6.07) is 7.83. The Labute approximate surface area is 130 Å². The first kappa shape index (κ1) is 16.0. The number of nitrogens with zero attached hydrogens (tertiary/aromatic N) is 3. The molecule has 0 bridgehead atoms. The Morgan fingerprint density at radius 3 is 2.64 bits per heavy atom. The molecule has 0 saturated carbocycles. The molecule has 2 aromatic rings. The number of hydrogen-bond acceptors (Lipinski definition) is 7. The van der Waals surface area contributed by atoms with Gasteiger partial charge in [-0.1, -0.05) is 12.1 Å². The fourth-order valence-electron chi connectivity index (χ4n) is 1.82. The Hall–Kier alpha value is -2.41. The molecule has 0 aliphatic heterocycles. The SMILES string of the molecule is COCCCNc1cnnc(NCc2ccc(OC)cc2)n1. The van der Waals surface area contributed by atoms with Gasteiger partial charge in [0.15, 0.2) is 5.82 Å². The highest BCUT2D eigenvalue weighted by Gasteiger charge is 2.01. The first-order chi connectivity index (χ1) is 10.8. The second-order valence-electron chi connectivity index (χ2n) is 4.64. The largest absolute Gasteiger partial charge is 0.497 e. The maximum absolute atomic E-state index is 5.13. The van der Waals surface area contributed by atoms with E-state index >= 15 is 0 Å². The number of ether oxygens (including phenoxy) is 2. The molecule has 1 aromatic carbocycles. The summed E-state index contributed by atoms with van der Waals surface area (Å²) in [6.45, 7) is 2.12. The lowest BCUT2D eigenvalue weighted by atomic mass is 10.2. The number of nitrogens with one attached hydrogen (secondary N) is 2. The van der Waals surface area contributed by atoms with Crippen LogP contribution in [0.15, 0.2) is 30.5 Å². The maximum Gasteiger partial charge on any atom is 0.244 e. The lowest BCUT2D eigenvalue weighted by Gasteiger charge is -2.08. The zero-order valence-electron chi connectivity index (χ0n) is 12.9. The van der Waals surface area contributed by atoms with Crippen molar-refractivity contribution >= 4 is 11.8 Å². The normalized spacial score (nSPS) is 10.3. The highest BCUT2D eigenvalue weighted by Crippen LogP contribution is 2.12. The molecule has 0 amide bonds. The molecule has 0 radical (unpaired) electrons. The molecule has 0 spiro atoms. The van der Waals surface area contributed by atoms with Crippen LogP contribution < -0.4 is 15.4 Å². The summed E-state index contributed by atoms with van der Waals surface area (Å²) in [7, 11) is 3.34. The summed E-state index contributed by atoms with van der Waals surface area (Å²) in [4.78, 5) is 4.36. The van der Waals surface area contributed by atoms with Gasteiger partial charge in [-0.05, 0) is 24.1 Å². The van der Waals surface area contributed by atoms with E-state index in [2.05, 4.69) is 25.8 Å². The number of methoxy groups -OCH3 is 2. The molecule has 0 aliphatic carbocycles. The third-order valence-electron chi connectivity index (χ3n) is 3.00. The van der Waals surface area contributed by atoms with Gasteiger partial charge in [0.1, 0.15) is 5.75 Å². The van der Waals surface area contributed by atoms with Crippen molar-refractivity contribution in [1.82, 2.24) is 15.2 Å². The summed E-state index contributed by atoms with van der Waals surface area (Å²) in [5, 5.41) is 14.2. The average molecular weight is 303 g/mol. The summed E-state index contributed by atoms with van der Waals surface area (Å²) in [6.07, 6.45) is 2.51. The zero-order valence-corrected chi connectivity index (χ0v) is 12.9. The van der Waals surface area contributed by atoms with Crippen LogP contribution in [0.1, 0.15) is 12.0 Å². The molecule has 1 heterocycles. The van der Waals surface area contributed by atoms with Gasteiger partial charge in [0, 0.05) is 26.8 Å². The molecule has 2 N–H and O–H groups in total. The van der Waals surface area contributed by atoms with Crippen molar-refractivity contribution in [3.05, 3.63) is 36.0 Å². The number of rotatable bonds is 9. The van der Waals surface area contributed by atoms with Crippen molar-refractivity contribution in [3.63, 3.8) is 0 Å². The van der Waals surface area contributed by atoms with Crippen LogP contribution in [0.2, 0.25) is 0 Å². The van der Waals surface area contributed by atoms with Crippen molar-refractivity contribution < 1.29 is 9.47 Å². The van der Waals surface area contributed by atoms with Crippen molar-refractivity contribution in [3.8, 4) is 5.75 Å². The van der Waals surface area contributed by atoms with E-state index in [0.717, 1.165) is 24.3 Å². The Morgan fingerprint density at radius 1 is 1.09 bits per heavy atom. The van der Waals surface area contributed by atoms with Crippen LogP contribution in [0.5, 0.6) is 5.75 Å². The van der Waals surface area contributed by atoms with E-state index in [1.54, 1.807) is 20.4 Å². The molecule has 0 atom stereocenters. The van der Waals surface area contributed by atoms with Crippen LogP contribution in [0.3, 0.4) is 0 Å². The monoisotopic (exact) mass is 303 g/mol. The van der Waals surface area contributed by atoms with Crippen LogP contribution >= 0.6 is 0 Å². The summed E-state index contributed by atoms with van der Waals surface area (Å²) < 4.78 is 10.1. The van der Waals surface area contributed by atoms with E-state index in [9.17, 15) is 0 Å². The van der Waals surface area contributed by atoms with Crippen LogP contribution in [-0.2, 0) is 11.3 Å². The Bertz CT molecular complexity index is 562. The molecule has 0 aliphatic rings. The molecule has 22 heavy (non-hydrogen) atoms. The van der Waals surface area contributed by atoms with Crippen LogP contribution in [0.4, 0.5) is 11.8 Å². The van der Waals surface area contributed by atoms with E-state index in [1.807, 2.05) is 24.3 Å². The van der Waals surface area contributed by atoms with E-state index in [0.29, 0.717) is 24.9 Å². The molecule has 7 nitrogen and oxygen atoms in total. The van der Waals surface area contributed by atoms with E-state index in [-0.39, 0.29) is 0 Å². The quantitative estimate of drug-likeness (QED) is 0.685. The second kappa shape index (κ2) is 8.78. The lowest BCUT2D eigenvalue weighted by molar-refractivity contribution is 0.197. The number of aromatic nitrogens is 3. The molecule has 0 saturated heterocycles. The van der Waals surface area contributed by atoms with Crippen LogP contribution in [-0.4, -0.2) is 42.6 Å². The molecule has 0 fully saturated rings. The van der Waals surface area contributed by atoms with Gasteiger partial charge in [0.25, 0.3) is 0 Å². The fourth-order valence-corrected chi connectivity index (χ4v) is 1.82. The number of hydrogen-bond donors (Lipinski definition) is 2. The summed E-state index contributed by atoms with van der Waals surface area (Å²) in [5.74, 6) is 2.03. The van der Waals surface area contributed by atoms with Gasteiger partial charge in [-0.3, -0.25) is 0 Å². The third kappa shape index (κ3) is 5.17. The maximum atomic E-state index is 5.13. The highest BCUT2D eigenvalue weighted by molar-refractivity contribution is 5.37. The zero-order chi connectivity index (χ0) is 15.6. The minimum absolute atomic E-state index is 0.493. The first-order valence-electron chi connectivity index (χ1n) is 7.11. The molecule has 2 rings (SSSR count). The summed E-state index contributed by atoms with van der Waals surface area (Å²) in [5.41, 5.74) is 1.11. The highest BCUT2D eigenvalue weighted by atomic mass is 16.5. The molecule has 0 unspecified atom stereocenters. The Morgan fingerprint density at radius 2 is 1.91 bits per heavy atom. The Balaban J connectivity index is 1.84. The third-order valence-corrected chi connectivity index (χ3v) is 3.00. The predicted octanol–water partition coefficient (Wildman–Crippen LogP) is 1.94. The van der Waals surface area contributed by atoms with E-state index in [4.69, 9.17) is 9.47 Å². The molecule has 118 valence electrons. The molecule has 7 heteroatoms. The Kier molecular flexibility index (Phi) is 6.38. The van der Waals surface area contributed by atoms with Crippen LogP contribution in [0.25, 0.3) is 0 Å². The van der Waals surface area contributed by atoms with E-state index < -0.39 is 0 Å². The lowest BCUT2D eigenvalue weighted by Crippen LogP contribution is -2.10. The van der Waals surface area contributed by atoms with Crippen molar-refractivity contribution in [2.45, 2.75) is 13.0 Å². The standard InChI is InChI=1S/C15H21N5O2/c1-21-9-3-8-16-14-11-18-20-15(19-14)17-10-12-4-6-13(22-2)7-5-12/h4-7,11H,3,8-10H2,1-2H3,(H2,16,17,19,20). The van der Waals surface area contributed by atoms with Crippen LogP contribution in [0, 0.1) is 0 Å². The van der Waals surface area contributed by atoms with Crippen molar-refractivity contribution in [2.24, 2.45) is 0 Å². The smallest absolute Gasteiger partial charge is 0.244 e. The second-order valence-corrected chi connectivity index (χ2v) is 4.64. The van der Waals surface area contributed by atoms with Crippen molar-refractivity contribution in [2.75, 3.05) is 38.0 Å². The average Bonchev–Trinajstić information content (AvgIpc) is 2.58. The van der Waals surface area contributed by atoms with Gasteiger partial charge in [0.2, 0.25) is 5.95 Å². The molecular weight excluding hydrogens is 282 g/mol. The fraction of sp³-hybridized carbons (Fsp3) is 0.400. The summed E-state index contributed by atoms with van der Waals surface area (Å²) >= 11 is 0. The van der Waals surface area contributed by atoms with Crippen molar-refractivity contribution in [1.29, 1.82) is 0 Å². The van der Waals surface area contributed by atoms with Gasteiger partial charge < -0.3 is 20.1 Å². The topological polar surface area (TPSA) is 81.2 Å². The van der Waals surface area contributed by atoms with Gasteiger partial charge in [-0.2, -0.15) is 10.1 Å². The predicted molar refractivity (Wildman–Crippen MR) is 85.1 cm³/mol. The minimum Gasteiger partial charge on any atom is -0.497 e. The van der Waals surface area contributed by atoms with Gasteiger partial charge in [-0.25, -0.2) is 0 Å². The number of benzene rings is 1. The van der Waals surface area contributed by atoms with E-state index in [1.165, 1.54) is 0 Å². The number of anilines is 2. The van der Waals surface area contributed by atoms with Gasteiger partial charge in [-0.15, -0.1) is 5.10 Å². The molecule has 1 aromatic heterocycles. The van der Waals surface area contributed by atoms with Gasteiger partial charge in [0.05, 0.1) is 13.3 Å². The first-order valence-corrected chi connectivity index (χ1v) is 7.11. The minimum atomic E-state index is 0.493.